The Morgan fingerprint density at radius 1 is 1.35 bits per heavy atom. The third-order valence-electron chi connectivity index (χ3n) is 3.25. The predicted octanol–water partition coefficient (Wildman–Crippen LogP) is 0.814. The molecule has 5 nitrogen and oxygen atoms in total. The van der Waals surface area contributed by atoms with Crippen LogP contribution >= 0.6 is 0 Å². The molecular weight excluding hydrogens is 216 g/mol. The van der Waals surface area contributed by atoms with Crippen molar-refractivity contribution in [2.24, 2.45) is 7.05 Å². The molecule has 17 heavy (non-hydrogen) atoms. The van der Waals surface area contributed by atoms with Crippen molar-refractivity contribution in [3.8, 4) is 0 Å². The smallest absolute Gasteiger partial charge is 0.156 e. The van der Waals surface area contributed by atoms with Gasteiger partial charge in [0.25, 0.3) is 0 Å². The Bertz CT molecular complexity index is 394. The van der Waals surface area contributed by atoms with Crippen molar-refractivity contribution in [2.75, 3.05) is 20.3 Å². The molecule has 96 valence electrons. The van der Waals surface area contributed by atoms with Crippen molar-refractivity contribution < 1.29 is 4.74 Å². The van der Waals surface area contributed by atoms with Gasteiger partial charge in [0, 0.05) is 18.5 Å². The molecule has 0 spiro atoms. The Balaban J connectivity index is 2.30. The molecular formula is C12H22N4O. The van der Waals surface area contributed by atoms with E-state index in [1.807, 2.05) is 18.8 Å². The van der Waals surface area contributed by atoms with Gasteiger partial charge in [-0.3, -0.25) is 4.68 Å². The van der Waals surface area contributed by atoms with E-state index in [0.29, 0.717) is 12.0 Å². The van der Waals surface area contributed by atoms with Crippen LogP contribution in [-0.2, 0) is 17.2 Å². The summed E-state index contributed by atoms with van der Waals surface area (Å²) in [4.78, 5) is 4.69. The number of rotatable bonds is 2. The van der Waals surface area contributed by atoms with Crippen LogP contribution in [0.15, 0.2) is 0 Å². The molecule has 2 heterocycles. The van der Waals surface area contributed by atoms with Crippen LogP contribution in [0.2, 0.25) is 0 Å². The summed E-state index contributed by atoms with van der Waals surface area (Å²) in [6.45, 7) is 7.87. The Hall–Kier alpha value is -0.940. The van der Waals surface area contributed by atoms with Crippen molar-refractivity contribution in [3.63, 3.8) is 0 Å². The first-order chi connectivity index (χ1) is 7.93. The summed E-state index contributed by atoms with van der Waals surface area (Å²) < 4.78 is 7.41. The first-order valence-corrected chi connectivity index (χ1v) is 6.10. The van der Waals surface area contributed by atoms with Gasteiger partial charge in [0.2, 0.25) is 0 Å². The highest BCUT2D eigenvalue weighted by atomic mass is 16.5. The quantitative estimate of drug-likeness (QED) is 0.828. The van der Waals surface area contributed by atoms with E-state index in [4.69, 9.17) is 9.72 Å². The molecule has 0 amide bonds. The van der Waals surface area contributed by atoms with Crippen LogP contribution in [0, 0.1) is 0 Å². The molecule has 0 saturated carbocycles. The summed E-state index contributed by atoms with van der Waals surface area (Å²) >= 11 is 0. The third-order valence-corrected chi connectivity index (χ3v) is 3.25. The van der Waals surface area contributed by atoms with Gasteiger partial charge in [0.05, 0.1) is 19.1 Å². The van der Waals surface area contributed by atoms with E-state index in [1.165, 1.54) is 0 Å². The fourth-order valence-electron chi connectivity index (χ4n) is 2.13. The van der Waals surface area contributed by atoms with Crippen molar-refractivity contribution in [1.29, 1.82) is 0 Å². The number of nitrogens with one attached hydrogen (secondary N) is 1. The minimum atomic E-state index is -0.00931. The topological polar surface area (TPSA) is 52.0 Å². The number of nitrogens with zero attached hydrogens (tertiary/aromatic N) is 3. The molecule has 1 aromatic heterocycles. The largest absolute Gasteiger partial charge is 0.379 e. The standard InChI is InChI=1S/C12H22N4O/c1-12(2,3)11-14-10(16(5)15-11)8-6-17-7-9(8)13-4/h8-9,13H,6-7H2,1-5H3. The number of likely N-dealkylation sites (N-methyl/N-ethyl adjacent to an activating group) is 1. The second-order valence-corrected chi connectivity index (χ2v) is 5.71. The highest BCUT2D eigenvalue weighted by Gasteiger charge is 2.33. The molecule has 1 N–H and O–H groups in total. The molecule has 2 atom stereocenters. The summed E-state index contributed by atoms with van der Waals surface area (Å²) in [7, 11) is 3.93. The summed E-state index contributed by atoms with van der Waals surface area (Å²) in [6.07, 6.45) is 0. The minimum Gasteiger partial charge on any atom is -0.379 e. The SMILES string of the molecule is CNC1COCC1c1nc(C(C)(C)C)nn1C. The molecule has 1 aliphatic rings. The monoisotopic (exact) mass is 238 g/mol. The third kappa shape index (κ3) is 2.35. The number of ether oxygens (including phenoxy) is 1. The second kappa shape index (κ2) is 4.38. The van der Waals surface area contributed by atoms with Crippen molar-refractivity contribution in [2.45, 2.75) is 38.1 Å². The Morgan fingerprint density at radius 2 is 2.06 bits per heavy atom. The Morgan fingerprint density at radius 3 is 2.59 bits per heavy atom. The molecule has 1 aliphatic heterocycles. The average Bonchev–Trinajstić information content (AvgIpc) is 2.81. The van der Waals surface area contributed by atoms with Crippen LogP contribution in [0.3, 0.4) is 0 Å². The number of hydrogen-bond donors (Lipinski definition) is 1. The van der Waals surface area contributed by atoms with Crippen LogP contribution in [0.1, 0.15) is 38.3 Å². The summed E-state index contributed by atoms with van der Waals surface area (Å²) in [6, 6.07) is 0.339. The Labute approximate surface area is 103 Å². The normalized spacial score (nSPS) is 25.5. The first kappa shape index (κ1) is 12.5. The van der Waals surface area contributed by atoms with Crippen LogP contribution in [0.25, 0.3) is 0 Å². The molecule has 1 saturated heterocycles. The van der Waals surface area contributed by atoms with E-state index >= 15 is 0 Å². The van der Waals surface area contributed by atoms with Crippen LogP contribution in [-0.4, -0.2) is 41.1 Å². The van der Waals surface area contributed by atoms with Crippen molar-refractivity contribution >= 4 is 0 Å². The molecule has 2 rings (SSSR count). The zero-order valence-electron chi connectivity index (χ0n) is 11.3. The lowest BCUT2D eigenvalue weighted by Crippen LogP contribution is -2.32. The lowest BCUT2D eigenvalue weighted by Gasteiger charge is -2.15. The molecule has 1 aromatic rings. The second-order valence-electron chi connectivity index (χ2n) is 5.71. The van der Waals surface area contributed by atoms with Crippen LogP contribution in [0.4, 0.5) is 0 Å². The van der Waals surface area contributed by atoms with Crippen LogP contribution < -0.4 is 5.32 Å². The number of aromatic nitrogens is 3. The lowest BCUT2D eigenvalue weighted by molar-refractivity contribution is 0.187. The van der Waals surface area contributed by atoms with E-state index in [-0.39, 0.29) is 5.41 Å². The summed E-state index contributed by atoms with van der Waals surface area (Å²) in [5, 5.41) is 7.80. The van der Waals surface area contributed by atoms with Crippen molar-refractivity contribution in [1.82, 2.24) is 20.1 Å². The van der Waals surface area contributed by atoms with Gasteiger partial charge in [0.15, 0.2) is 5.82 Å². The highest BCUT2D eigenvalue weighted by molar-refractivity contribution is 5.10. The maximum atomic E-state index is 5.52. The Kier molecular flexibility index (Phi) is 3.23. The van der Waals surface area contributed by atoms with Gasteiger partial charge in [-0.25, -0.2) is 4.98 Å². The van der Waals surface area contributed by atoms with Gasteiger partial charge < -0.3 is 10.1 Å². The molecule has 0 aliphatic carbocycles. The highest BCUT2D eigenvalue weighted by Crippen LogP contribution is 2.26. The van der Waals surface area contributed by atoms with Gasteiger partial charge in [-0.05, 0) is 7.05 Å². The summed E-state index contributed by atoms with van der Waals surface area (Å²) in [5.41, 5.74) is -0.00931. The van der Waals surface area contributed by atoms with Gasteiger partial charge in [-0.2, -0.15) is 5.10 Å². The van der Waals surface area contributed by atoms with E-state index in [1.54, 1.807) is 0 Å². The molecule has 0 aromatic carbocycles. The number of hydrogen-bond acceptors (Lipinski definition) is 4. The predicted molar refractivity (Wildman–Crippen MR) is 66.1 cm³/mol. The lowest BCUT2D eigenvalue weighted by atomic mass is 9.96. The number of aryl methyl sites for hydroxylation is 1. The van der Waals surface area contributed by atoms with Crippen molar-refractivity contribution in [3.05, 3.63) is 11.6 Å². The first-order valence-electron chi connectivity index (χ1n) is 6.10. The van der Waals surface area contributed by atoms with E-state index in [9.17, 15) is 0 Å². The van der Waals surface area contributed by atoms with Crippen LogP contribution in [0.5, 0.6) is 0 Å². The zero-order valence-corrected chi connectivity index (χ0v) is 11.3. The molecule has 0 bridgehead atoms. The zero-order chi connectivity index (χ0) is 12.6. The van der Waals surface area contributed by atoms with E-state index in [0.717, 1.165) is 24.9 Å². The fourth-order valence-corrected chi connectivity index (χ4v) is 2.13. The minimum absolute atomic E-state index is 0.00931. The summed E-state index contributed by atoms with van der Waals surface area (Å²) in [5.74, 6) is 2.22. The molecule has 5 heteroatoms. The maximum Gasteiger partial charge on any atom is 0.156 e. The molecule has 1 fully saturated rings. The van der Waals surface area contributed by atoms with E-state index in [2.05, 4.69) is 31.2 Å². The fraction of sp³-hybridized carbons (Fsp3) is 0.833. The molecule has 0 radical (unpaired) electrons. The van der Waals surface area contributed by atoms with Gasteiger partial charge >= 0.3 is 0 Å². The maximum absolute atomic E-state index is 5.52. The van der Waals surface area contributed by atoms with Gasteiger partial charge in [0.1, 0.15) is 5.82 Å². The molecule has 2 unspecified atom stereocenters. The van der Waals surface area contributed by atoms with Gasteiger partial charge in [-0.15, -0.1) is 0 Å². The average molecular weight is 238 g/mol. The van der Waals surface area contributed by atoms with E-state index < -0.39 is 0 Å². The van der Waals surface area contributed by atoms with Gasteiger partial charge in [-0.1, -0.05) is 20.8 Å².